The van der Waals surface area contributed by atoms with E-state index in [1.165, 1.54) is 23.3 Å². The van der Waals surface area contributed by atoms with Gasteiger partial charge in [-0.05, 0) is 78.9 Å². The molecule has 6 nitrogen and oxygen atoms in total. The van der Waals surface area contributed by atoms with Gasteiger partial charge in [-0.2, -0.15) is 0 Å². The van der Waals surface area contributed by atoms with Crippen LogP contribution in [0.25, 0.3) is 0 Å². The molecule has 0 saturated heterocycles. The van der Waals surface area contributed by atoms with Crippen molar-refractivity contribution in [2.45, 2.75) is 19.3 Å². The molecule has 0 atom stereocenters. The van der Waals surface area contributed by atoms with Crippen molar-refractivity contribution in [3.05, 3.63) is 96.1 Å². The Balaban J connectivity index is 1.25. The van der Waals surface area contributed by atoms with Crippen molar-refractivity contribution in [2.24, 2.45) is 0 Å². The van der Waals surface area contributed by atoms with Crippen molar-refractivity contribution in [1.82, 2.24) is 0 Å². The first kappa shape index (κ1) is 21.9. The van der Waals surface area contributed by atoms with Crippen LogP contribution in [0.5, 0.6) is 34.5 Å². The third-order valence-electron chi connectivity index (χ3n) is 5.25. The first-order valence-electron chi connectivity index (χ1n) is 10.7. The van der Waals surface area contributed by atoms with Crippen LogP contribution in [0.2, 0.25) is 0 Å². The predicted octanol–water partition coefficient (Wildman–Crippen LogP) is 6.02. The summed E-state index contributed by atoms with van der Waals surface area (Å²) in [4.78, 5) is 0. The van der Waals surface area contributed by atoms with Crippen LogP contribution in [-0.4, -0.2) is 10.2 Å². The third-order valence-corrected chi connectivity index (χ3v) is 5.25. The van der Waals surface area contributed by atoms with Gasteiger partial charge in [0.1, 0.15) is 34.5 Å². The molecule has 6 heteroatoms. The molecule has 6 N–H and O–H groups in total. The Bertz CT molecular complexity index is 1130. The molecule has 4 aromatic carbocycles. The molecule has 0 bridgehead atoms. The Labute approximate surface area is 192 Å². The highest BCUT2D eigenvalue weighted by molar-refractivity contribution is 5.56. The van der Waals surface area contributed by atoms with Crippen LogP contribution in [0.15, 0.2) is 84.9 Å². The maximum absolute atomic E-state index is 9.69. The first-order chi connectivity index (χ1) is 16.0. The molecule has 0 aliphatic carbocycles. The fourth-order valence-electron chi connectivity index (χ4n) is 3.39. The number of phenolic OH excluding ortho intramolecular Hbond substituents is 2. The summed E-state index contributed by atoms with van der Waals surface area (Å²) in [5.41, 5.74) is 14.3. The minimum Gasteiger partial charge on any atom is -0.506 e. The molecule has 0 aliphatic rings. The normalized spacial score (nSPS) is 10.7. The smallest absolute Gasteiger partial charge is 0.142 e. The quantitative estimate of drug-likeness (QED) is 0.196. The van der Waals surface area contributed by atoms with Gasteiger partial charge in [-0.3, -0.25) is 0 Å². The molecular weight excluding hydrogens is 416 g/mol. The average Bonchev–Trinajstić information content (AvgIpc) is 2.81. The van der Waals surface area contributed by atoms with Crippen molar-refractivity contribution in [2.75, 3.05) is 11.5 Å². The molecule has 4 aromatic rings. The first-order valence-corrected chi connectivity index (χ1v) is 10.7. The number of aryl methyl sites for hydroxylation is 2. The summed E-state index contributed by atoms with van der Waals surface area (Å²) in [6, 6.07) is 25.5. The van der Waals surface area contributed by atoms with E-state index in [4.69, 9.17) is 20.9 Å². The second-order valence-corrected chi connectivity index (χ2v) is 7.79. The minimum atomic E-state index is 0.00765. The van der Waals surface area contributed by atoms with Crippen molar-refractivity contribution < 1.29 is 19.7 Å². The lowest BCUT2D eigenvalue weighted by molar-refractivity contribution is 0.456. The molecular formula is C27H26N2O4. The van der Waals surface area contributed by atoms with Crippen LogP contribution in [-0.2, 0) is 12.8 Å². The minimum absolute atomic E-state index is 0.00765. The number of rotatable bonds is 8. The number of benzene rings is 4. The van der Waals surface area contributed by atoms with Crippen molar-refractivity contribution >= 4 is 11.4 Å². The number of ether oxygens (including phenoxy) is 2. The summed E-state index contributed by atoms with van der Waals surface area (Å²) in [5.74, 6) is 2.49. The Hall–Kier alpha value is -4.32. The Kier molecular flexibility index (Phi) is 6.55. The lowest BCUT2D eigenvalue weighted by atomic mass is 10.0. The average molecular weight is 443 g/mol. The molecule has 4 rings (SSSR count). The molecule has 0 fully saturated rings. The van der Waals surface area contributed by atoms with Crippen LogP contribution in [0.4, 0.5) is 11.4 Å². The standard InChI is InChI=1S/C27H26N2O4/c28-24-14-12-22(16-26(24)30)32-20-8-4-18(5-9-20)2-1-3-19-6-10-21(11-7-19)33-23-13-15-25(29)27(31)17-23/h4-17,30-31H,1-3,28-29H2. The number of nitrogen functional groups attached to an aromatic ring is 2. The highest BCUT2D eigenvalue weighted by Crippen LogP contribution is 2.30. The zero-order chi connectivity index (χ0) is 23.2. The van der Waals surface area contributed by atoms with Crippen LogP contribution in [0.3, 0.4) is 0 Å². The number of anilines is 2. The topological polar surface area (TPSA) is 111 Å². The molecule has 0 heterocycles. The van der Waals surface area contributed by atoms with E-state index in [9.17, 15) is 10.2 Å². The van der Waals surface area contributed by atoms with Crippen LogP contribution >= 0.6 is 0 Å². The van der Waals surface area contributed by atoms with E-state index in [0.29, 0.717) is 34.4 Å². The van der Waals surface area contributed by atoms with Gasteiger partial charge in [0.2, 0.25) is 0 Å². The summed E-state index contributed by atoms with van der Waals surface area (Å²) in [6.45, 7) is 0. The largest absolute Gasteiger partial charge is 0.506 e. The third kappa shape index (κ3) is 5.89. The van der Waals surface area contributed by atoms with Crippen LogP contribution < -0.4 is 20.9 Å². The molecule has 33 heavy (non-hydrogen) atoms. The van der Waals surface area contributed by atoms with E-state index in [-0.39, 0.29) is 11.5 Å². The fraction of sp³-hybridized carbons (Fsp3) is 0.111. The molecule has 0 radical (unpaired) electrons. The molecule has 168 valence electrons. The lowest BCUT2D eigenvalue weighted by Gasteiger charge is -2.09. The lowest BCUT2D eigenvalue weighted by Crippen LogP contribution is -1.92. The van der Waals surface area contributed by atoms with Gasteiger partial charge in [-0.1, -0.05) is 24.3 Å². The van der Waals surface area contributed by atoms with Crippen LogP contribution in [0, 0.1) is 0 Å². The van der Waals surface area contributed by atoms with Crippen molar-refractivity contribution in [3.63, 3.8) is 0 Å². The summed E-state index contributed by atoms with van der Waals surface area (Å²) in [5, 5.41) is 19.4. The zero-order valence-electron chi connectivity index (χ0n) is 18.1. The molecule has 0 saturated carbocycles. The van der Waals surface area contributed by atoms with Gasteiger partial charge in [0, 0.05) is 12.1 Å². The molecule has 0 unspecified atom stereocenters. The number of nitrogens with two attached hydrogens (primary N) is 2. The van der Waals surface area contributed by atoms with Crippen LogP contribution in [0.1, 0.15) is 17.5 Å². The second-order valence-electron chi connectivity index (χ2n) is 7.79. The number of hydrogen-bond donors (Lipinski definition) is 4. The van der Waals surface area contributed by atoms with E-state index in [2.05, 4.69) is 0 Å². The summed E-state index contributed by atoms with van der Waals surface area (Å²) in [6.07, 6.45) is 2.91. The van der Waals surface area contributed by atoms with Gasteiger partial charge in [0.25, 0.3) is 0 Å². The maximum Gasteiger partial charge on any atom is 0.142 e. The summed E-state index contributed by atoms with van der Waals surface area (Å²) >= 11 is 0. The SMILES string of the molecule is Nc1ccc(Oc2ccc(CCCc3ccc(Oc4ccc(N)c(O)c4)cc3)cc2)cc1O. The van der Waals surface area contributed by atoms with Crippen molar-refractivity contribution in [1.29, 1.82) is 0 Å². The number of hydrogen-bond acceptors (Lipinski definition) is 6. The summed E-state index contributed by atoms with van der Waals surface area (Å²) < 4.78 is 11.5. The summed E-state index contributed by atoms with van der Waals surface area (Å²) in [7, 11) is 0. The molecule has 0 aromatic heterocycles. The molecule has 0 aliphatic heterocycles. The maximum atomic E-state index is 9.69. The molecule has 0 amide bonds. The molecule has 0 spiro atoms. The van der Waals surface area contributed by atoms with E-state index < -0.39 is 0 Å². The monoisotopic (exact) mass is 442 g/mol. The zero-order valence-corrected chi connectivity index (χ0v) is 18.1. The van der Waals surface area contributed by atoms with Gasteiger partial charge in [-0.25, -0.2) is 0 Å². The van der Waals surface area contributed by atoms with E-state index >= 15 is 0 Å². The Morgan fingerprint density at radius 2 is 0.879 bits per heavy atom. The van der Waals surface area contributed by atoms with E-state index in [1.54, 1.807) is 24.3 Å². The van der Waals surface area contributed by atoms with Gasteiger partial charge >= 0.3 is 0 Å². The predicted molar refractivity (Wildman–Crippen MR) is 130 cm³/mol. The highest BCUT2D eigenvalue weighted by Gasteiger charge is 2.04. The van der Waals surface area contributed by atoms with Gasteiger partial charge in [0.05, 0.1) is 11.4 Å². The number of phenols is 2. The van der Waals surface area contributed by atoms with Gasteiger partial charge in [-0.15, -0.1) is 0 Å². The highest BCUT2D eigenvalue weighted by atomic mass is 16.5. The number of aromatic hydroxyl groups is 2. The Morgan fingerprint density at radius 3 is 1.24 bits per heavy atom. The van der Waals surface area contributed by atoms with Crippen molar-refractivity contribution in [3.8, 4) is 34.5 Å². The van der Waals surface area contributed by atoms with E-state index in [1.807, 2.05) is 48.5 Å². The van der Waals surface area contributed by atoms with Gasteiger partial charge in [0.15, 0.2) is 0 Å². The second kappa shape index (κ2) is 9.87. The van der Waals surface area contributed by atoms with Gasteiger partial charge < -0.3 is 31.2 Å². The Morgan fingerprint density at radius 1 is 0.515 bits per heavy atom. The van der Waals surface area contributed by atoms with E-state index in [0.717, 1.165) is 19.3 Å². The fourth-order valence-corrected chi connectivity index (χ4v) is 3.39.